The molecule has 0 saturated carbocycles. The number of benzene rings is 1. The van der Waals surface area contributed by atoms with E-state index in [1.165, 1.54) is 6.20 Å². The molecule has 2 aromatic rings. The van der Waals surface area contributed by atoms with E-state index in [4.69, 9.17) is 21.4 Å². The normalized spacial score (nSPS) is 11.1. The molecule has 3 nitrogen and oxygen atoms in total. The number of nitrogens with zero attached hydrogens (tertiary/aromatic N) is 2. The number of rotatable bonds is 2. The minimum Gasteiger partial charge on any atom is -0.356 e. The van der Waals surface area contributed by atoms with Gasteiger partial charge in [0.2, 0.25) is 0 Å². The molecular formula is C12H7ClN2O. The van der Waals surface area contributed by atoms with E-state index < -0.39 is 0 Å². The SMILES string of the molecule is N#C/C(=C\c1cccc(Cl)c1)c1ccno1. The van der Waals surface area contributed by atoms with Gasteiger partial charge in [0.15, 0.2) is 5.76 Å². The summed E-state index contributed by atoms with van der Waals surface area (Å²) in [6.07, 6.45) is 3.20. The van der Waals surface area contributed by atoms with Gasteiger partial charge in [-0.05, 0) is 23.8 Å². The van der Waals surface area contributed by atoms with Crippen LogP contribution >= 0.6 is 11.6 Å². The van der Waals surface area contributed by atoms with Crippen molar-refractivity contribution in [3.63, 3.8) is 0 Å². The minimum atomic E-state index is 0.416. The lowest BCUT2D eigenvalue weighted by Gasteiger charge is -1.95. The van der Waals surface area contributed by atoms with Crippen LogP contribution < -0.4 is 0 Å². The summed E-state index contributed by atoms with van der Waals surface area (Å²) in [4.78, 5) is 0. The molecule has 1 aromatic carbocycles. The van der Waals surface area contributed by atoms with Crippen molar-refractivity contribution in [2.45, 2.75) is 0 Å². The molecule has 0 saturated heterocycles. The van der Waals surface area contributed by atoms with E-state index in [2.05, 4.69) is 11.2 Å². The van der Waals surface area contributed by atoms with E-state index in [1.807, 2.05) is 12.1 Å². The van der Waals surface area contributed by atoms with Crippen molar-refractivity contribution in [2.24, 2.45) is 0 Å². The van der Waals surface area contributed by atoms with Gasteiger partial charge in [-0.3, -0.25) is 0 Å². The lowest BCUT2D eigenvalue weighted by molar-refractivity contribution is 0.411. The van der Waals surface area contributed by atoms with Gasteiger partial charge < -0.3 is 4.52 Å². The fourth-order valence-electron chi connectivity index (χ4n) is 1.28. The fourth-order valence-corrected chi connectivity index (χ4v) is 1.47. The molecule has 0 fully saturated rings. The lowest BCUT2D eigenvalue weighted by atomic mass is 10.1. The standard InChI is InChI=1S/C12H7ClN2O/c13-11-3-1-2-9(7-11)6-10(8-14)12-4-5-15-16-12/h1-7H/b10-6+. The van der Waals surface area contributed by atoms with E-state index in [9.17, 15) is 0 Å². The summed E-state index contributed by atoms with van der Waals surface area (Å²) in [7, 11) is 0. The Bertz CT molecular complexity index is 553. The van der Waals surface area contributed by atoms with Crippen molar-refractivity contribution in [2.75, 3.05) is 0 Å². The van der Waals surface area contributed by atoms with Gasteiger partial charge >= 0.3 is 0 Å². The van der Waals surface area contributed by atoms with Gasteiger partial charge in [-0.15, -0.1) is 0 Å². The maximum atomic E-state index is 8.99. The van der Waals surface area contributed by atoms with Crippen molar-refractivity contribution in [1.29, 1.82) is 5.26 Å². The second-order valence-electron chi connectivity index (χ2n) is 3.10. The highest BCUT2D eigenvalue weighted by Crippen LogP contribution is 2.19. The van der Waals surface area contributed by atoms with Crippen molar-refractivity contribution in [1.82, 2.24) is 5.16 Å². The molecule has 1 heterocycles. The highest BCUT2D eigenvalue weighted by atomic mass is 35.5. The molecule has 4 heteroatoms. The van der Waals surface area contributed by atoms with Crippen LogP contribution in [0.25, 0.3) is 11.6 Å². The van der Waals surface area contributed by atoms with E-state index >= 15 is 0 Å². The predicted molar refractivity (Wildman–Crippen MR) is 61.4 cm³/mol. The summed E-state index contributed by atoms with van der Waals surface area (Å²) < 4.78 is 4.92. The Morgan fingerprint density at radius 2 is 2.31 bits per heavy atom. The highest BCUT2D eigenvalue weighted by molar-refractivity contribution is 6.30. The van der Waals surface area contributed by atoms with Crippen LogP contribution in [0, 0.1) is 11.3 Å². The largest absolute Gasteiger partial charge is 0.356 e. The van der Waals surface area contributed by atoms with Gasteiger partial charge in [0, 0.05) is 11.1 Å². The minimum absolute atomic E-state index is 0.416. The van der Waals surface area contributed by atoms with Crippen LogP contribution in [-0.2, 0) is 0 Å². The molecule has 0 aliphatic heterocycles. The van der Waals surface area contributed by atoms with Crippen LogP contribution in [0.5, 0.6) is 0 Å². The van der Waals surface area contributed by atoms with Gasteiger partial charge in [0.05, 0.1) is 11.8 Å². The number of nitriles is 1. The van der Waals surface area contributed by atoms with E-state index in [1.54, 1.807) is 24.3 Å². The van der Waals surface area contributed by atoms with Crippen LogP contribution in [0.1, 0.15) is 11.3 Å². The molecule has 0 amide bonds. The molecule has 78 valence electrons. The molecule has 0 aliphatic rings. The van der Waals surface area contributed by atoms with Gasteiger partial charge in [0.25, 0.3) is 0 Å². The first-order valence-electron chi connectivity index (χ1n) is 4.58. The quantitative estimate of drug-likeness (QED) is 0.743. The van der Waals surface area contributed by atoms with Crippen LogP contribution in [0.15, 0.2) is 41.1 Å². The number of aromatic nitrogens is 1. The predicted octanol–water partition coefficient (Wildman–Crippen LogP) is 3.39. The molecular weight excluding hydrogens is 224 g/mol. The number of allylic oxidation sites excluding steroid dienone is 1. The Morgan fingerprint density at radius 1 is 1.44 bits per heavy atom. The molecule has 0 spiro atoms. The van der Waals surface area contributed by atoms with Gasteiger partial charge in [-0.2, -0.15) is 5.26 Å². The molecule has 0 radical (unpaired) electrons. The maximum absolute atomic E-state index is 8.99. The average Bonchev–Trinajstić information content (AvgIpc) is 2.79. The monoisotopic (exact) mass is 230 g/mol. The van der Waals surface area contributed by atoms with Crippen LogP contribution in [0.2, 0.25) is 5.02 Å². The number of hydrogen-bond acceptors (Lipinski definition) is 3. The molecule has 0 atom stereocenters. The van der Waals surface area contributed by atoms with Crippen LogP contribution in [0.4, 0.5) is 0 Å². The first kappa shape index (κ1) is 10.5. The van der Waals surface area contributed by atoms with E-state index in [0.717, 1.165) is 5.56 Å². The second-order valence-corrected chi connectivity index (χ2v) is 3.54. The molecule has 0 bridgehead atoms. The molecule has 16 heavy (non-hydrogen) atoms. The van der Waals surface area contributed by atoms with Gasteiger partial charge in [0.1, 0.15) is 6.07 Å². The Balaban J connectivity index is 2.40. The van der Waals surface area contributed by atoms with Crippen LogP contribution in [-0.4, -0.2) is 5.16 Å². The molecule has 1 aromatic heterocycles. The smallest absolute Gasteiger partial charge is 0.177 e. The lowest BCUT2D eigenvalue weighted by Crippen LogP contribution is -1.78. The molecule has 0 N–H and O–H groups in total. The summed E-state index contributed by atoms with van der Waals surface area (Å²) >= 11 is 5.85. The Labute approximate surface area is 97.6 Å². The first-order valence-corrected chi connectivity index (χ1v) is 4.96. The molecule has 2 rings (SSSR count). The van der Waals surface area contributed by atoms with Crippen molar-refractivity contribution < 1.29 is 4.52 Å². The first-order chi connectivity index (χ1) is 7.79. The zero-order valence-electron chi connectivity index (χ0n) is 8.22. The van der Waals surface area contributed by atoms with Crippen LogP contribution in [0.3, 0.4) is 0 Å². The van der Waals surface area contributed by atoms with Gasteiger partial charge in [-0.1, -0.05) is 28.9 Å². The third-order valence-electron chi connectivity index (χ3n) is 1.98. The Kier molecular flexibility index (Phi) is 3.04. The summed E-state index contributed by atoms with van der Waals surface area (Å²) in [5.41, 5.74) is 1.26. The summed E-state index contributed by atoms with van der Waals surface area (Å²) in [5.74, 6) is 0.447. The summed E-state index contributed by atoms with van der Waals surface area (Å²) in [5, 5.41) is 13.2. The van der Waals surface area contributed by atoms with Crippen molar-refractivity contribution in [3.8, 4) is 6.07 Å². The Hall–Kier alpha value is -2.05. The summed E-state index contributed by atoms with van der Waals surface area (Å²) in [6.45, 7) is 0. The molecule has 0 unspecified atom stereocenters. The zero-order chi connectivity index (χ0) is 11.4. The average molecular weight is 231 g/mol. The highest BCUT2D eigenvalue weighted by Gasteiger charge is 2.04. The molecule has 0 aliphatic carbocycles. The number of halogens is 1. The van der Waals surface area contributed by atoms with Crippen molar-refractivity contribution in [3.05, 3.63) is 52.9 Å². The zero-order valence-corrected chi connectivity index (χ0v) is 8.98. The second kappa shape index (κ2) is 4.65. The Morgan fingerprint density at radius 3 is 2.94 bits per heavy atom. The van der Waals surface area contributed by atoms with Crippen molar-refractivity contribution >= 4 is 23.3 Å². The number of hydrogen-bond donors (Lipinski definition) is 0. The van der Waals surface area contributed by atoms with E-state index in [-0.39, 0.29) is 0 Å². The van der Waals surface area contributed by atoms with Gasteiger partial charge in [-0.25, -0.2) is 0 Å². The summed E-state index contributed by atoms with van der Waals surface area (Å²) in [6, 6.07) is 10.9. The fraction of sp³-hybridized carbons (Fsp3) is 0. The third kappa shape index (κ3) is 2.30. The topological polar surface area (TPSA) is 49.8 Å². The maximum Gasteiger partial charge on any atom is 0.177 e. The van der Waals surface area contributed by atoms with E-state index in [0.29, 0.717) is 16.4 Å². The third-order valence-corrected chi connectivity index (χ3v) is 2.22.